The molecule has 3 atom stereocenters. The van der Waals surface area contributed by atoms with E-state index in [9.17, 15) is 5.11 Å². The van der Waals surface area contributed by atoms with Crippen molar-refractivity contribution in [3.63, 3.8) is 0 Å². The Morgan fingerprint density at radius 1 is 1.07 bits per heavy atom. The predicted molar refractivity (Wildman–Crippen MR) is 47.3 cm³/mol. The van der Waals surface area contributed by atoms with E-state index >= 15 is 0 Å². The highest BCUT2D eigenvalue weighted by Crippen LogP contribution is 2.24. The van der Waals surface area contributed by atoms with Gasteiger partial charge >= 0.3 is 0 Å². The first-order valence-electron chi connectivity index (χ1n) is 4.09. The summed E-state index contributed by atoms with van der Waals surface area (Å²) in [5, 5.41) is 9.57. The lowest BCUT2D eigenvalue weighted by molar-refractivity contribution is -0.475. The van der Waals surface area contributed by atoms with Gasteiger partial charge in [0.2, 0.25) is 6.29 Å². The molecular weight excluding hydrogens is 192 g/mol. The highest BCUT2D eigenvalue weighted by Gasteiger charge is 2.47. The molecule has 0 aromatic carbocycles. The summed E-state index contributed by atoms with van der Waals surface area (Å²) in [6, 6.07) is 0. The molecule has 0 heterocycles. The Morgan fingerprint density at radius 2 is 1.64 bits per heavy atom. The molecule has 0 aromatic heterocycles. The molecule has 1 N–H and O–H groups in total. The molecule has 0 saturated heterocycles. The zero-order chi connectivity index (χ0) is 11.2. The SMILES string of the molecule is COOC(OC)(C(C)OC)C(O)OC. The van der Waals surface area contributed by atoms with Gasteiger partial charge in [0.25, 0.3) is 5.79 Å². The van der Waals surface area contributed by atoms with Gasteiger partial charge in [0.15, 0.2) is 0 Å². The van der Waals surface area contributed by atoms with E-state index in [0.29, 0.717) is 0 Å². The van der Waals surface area contributed by atoms with Crippen molar-refractivity contribution in [1.29, 1.82) is 0 Å². The first-order valence-corrected chi connectivity index (χ1v) is 4.09. The fraction of sp³-hybridized carbons (Fsp3) is 1.00. The fourth-order valence-electron chi connectivity index (χ4n) is 1.07. The van der Waals surface area contributed by atoms with Crippen LogP contribution in [0.5, 0.6) is 0 Å². The molecule has 86 valence electrons. The van der Waals surface area contributed by atoms with Crippen LogP contribution >= 0.6 is 0 Å². The number of rotatable bonds is 7. The molecule has 0 saturated carbocycles. The fourth-order valence-corrected chi connectivity index (χ4v) is 1.07. The normalized spacial score (nSPS) is 20.1. The summed E-state index contributed by atoms with van der Waals surface area (Å²) in [7, 11) is 5.44. The van der Waals surface area contributed by atoms with Gasteiger partial charge in [0, 0.05) is 21.3 Å². The molecule has 0 rings (SSSR count). The highest BCUT2D eigenvalue weighted by atomic mass is 17.2. The van der Waals surface area contributed by atoms with Gasteiger partial charge in [-0.1, -0.05) is 0 Å². The molecule has 0 aliphatic heterocycles. The van der Waals surface area contributed by atoms with Crippen LogP contribution in [0.15, 0.2) is 0 Å². The molecule has 0 amide bonds. The number of methoxy groups -OCH3 is 3. The van der Waals surface area contributed by atoms with Crippen LogP contribution in [0.4, 0.5) is 0 Å². The van der Waals surface area contributed by atoms with Crippen molar-refractivity contribution in [2.45, 2.75) is 25.1 Å². The summed E-state index contributed by atoms with van der Waals surface area (Å²) in [5.41, 5.74) is 0. The smallest absolute Gasteiger partial charge is 0.278 e. The molecule has 0 aliphatic carbocycles. The molecule has 0 radical (unpaired) electrons. The van der Waals surface area contributed by atoms with E-state index in [2.05, 4.69) is 4.89 Å². The summed E-state index contributed by atoms with van der Waals surface area (Å²) >= 11 is 0. The van der Waals surface area contributed by atoms with Gasteiger partial charge in [-0.15, -0.1) is 0 Å². The Hall–Kier alpha value is -0.240. The van der Waals surface area contributed by atoms with Gasteiger partial charge in [-0.05, 0) is 6.92 Å². The van der Waals surface area contributed by atoms with Crippen LogP contribution in [0.2, 0.25) is 0 Å². The molecule has 0 spiro atoms. The summed E-state index contributed by atoms with van der Waals surface area (Å²) in [6.45, 7) is 1.66. The van der Waals surface area contributed by atoms with E-state index in [4.69, 9.17) is 19.1 Å². The van der Waals surface area contributed by atoms with Crippen LogP contribution in [-0.4, -0.2) is 51.7 Å². The Balaban J connectivity index is 4.76. The van der Waals surface area contributed by atoms with Gasteiger partial charge in [0.05, 0.1) is 7.11 Å². The Bertz CT molecular complexity index is 141. The van der Waals surface area contributed by atoms with Crippen molar-refractivity contribution in [2.75, 3.05) is 28.4 Å². The lowest BCUT2D eigenvalue weighted by atomic mass is 10.1. The minimum atomic E-state index is -1.50. The topological polar surface area (TPSA) is 66.4 Å². The quantitative estimate of drug-likeness (QED) is 0.360. The van der Waals surface area contributed by atoms with Crippen LogP contribution in [-0.2, 0) is 24.0 Å². The maximum Gasteiger partial charge on any atom is 0.278 e. The molecule has 6 nitrogen and oxygen atoms in total. The van der Waals surface area contributed by atoms with E-state index < -0.39 is 18.2 Å². The number of hydrogen-bond donors (Lipinski definition) is 1. The van der Waals surface area contributed by atoms with Crippen molar-refractivity contribution in [2.24, 2.45) is 0 Å². The Kier molecular flexibility index (Phi) is 6.17. The predicted octanol–water partition coefficient (Wildman–Crippen LogP) is -0.0932. The minimum absolute atomic E-state index is 0.567. The Labute approximate surface area is 83.6 Å². The van der Waals surface area contributed by atoms with Crippen molar-refractivity contribution in [3.05, 3.63) is 0 Å². The second kappa shape index (κ2) is 6.28. The van der Waals surface area contributed by atoms with Gasteiger partial charge in [-0.25, -0.2) is 4.89 Å². The van der Waals surface area contributed by atoms with Crippen molar-refractivity contribution >= 4 is 0 Å². The largest absolute Gasteiger partial charge is 0.376 e. The summed E-state index contributed by atoms with van der Waals surface area (Å²) in [6.07, 6.45) is -1.88. The molecule has 14 heavy (non-hydrogen) atoms. The number of aliphatic hydroxyl groups excluding tert-OH is 1. The summed E-state index contributed by atoms with van der Waals surface area (Å²) in [5.74, 6) is -1.50. The molecule has 0 aliphatic rings. The van der Waals surface area contributed by atoms with Gasteiger partial charge < -0.3 is 19.3 Å². The zero-order valence-electron chi connectivity index (χ0n) is 9.14. The summed E-state index contributed by atoms with van der Waals surface area (Å²) in [4.78, 5) is 9.36. The van der Waals surface area contributed by atoms with Crippen molar-refractivity contribution < 1.29 is 29.1 Å². The van der Waals surface area contributed by atoms with Crippen LogP contribution < -0.4 is 0 Å². The van der Waals surface area contributed by atoms with Crippen LogP contribution in [0.1, 0.15) is 6.92 Å². The number of ether oxygens (including phenoxy) is 3. The third-order valence-corrected chi connectivity index (χ3v) is 2.02. The van der Waals surface area contributed by atoms with E-state index in [1.807, 2.05) is 0 Å². The average Bonchev–Trinajstić information content (AvgIpc) is 2.23. The van der Waals surface area contributed by atoms with E-state index in [1.165, 1.54) is 28.4 Å². The maximum absolute atomic E-state index is 9.57. The molecule has 0 aromatic rings. The summed E-state index contributed by atoms with van der Waals surface area (Å²) < 4.78 is 14.8. The van der Waals surface area contributed by atoms with Crippen molar-refractivity contribution in [3.8, 4) is 0 Å². The lowest BCUT2D eigenvalue weighted by Crippen LogP contribution is -2.56. The van der Waals surface area contributed by atoms with E-state index in [0.717, 1.165) is 0 Å². The highest BCUT2D eigenvalue weighted by molar-refractivity contribution is 4.79. The van der Waals surface area contributed by atoms with Crippen LogP contribution in [0.3, 0.4) is 0 Å². The first-order chi connectivity index (χ1) is 6.58. The van der Waals surface area contributed by atoms with Crippen LogP contribution in [0.25, 0.3) is 0 Å². The third kappa shape index (κ3) is 2.63. The molecule has 6 heteroatoms. The van der Waals surface area contributed by atoms with Gasteiger partial charge in [-0.3, -0.25) is 0 Å². The monoisotopic (exact) mass is 210 g/mol. The molecule has 0 bridgehead atoms. The maximum atomic E-state index is 9.57. The molecule has 0 fully saturated rings. The second-order valence-corrected chi connectivity index (χ2v) is 2.64. The zero-order valence-corrected chi connectivity index (χ0v) is 9.14. The lowest BCUT2D eigenvalue weighted by Gasteiger charge is -2.36. The first kappa shape index (κ1) is 13.8. The standard InChI is InChI=1S/C8H18O6/c1-6(10-2)8(12-4,14-13-5)7(9)11-3/h6-7,9H,1-5H3. The van der Waals surface area contributed by atoms with E-state index in [-0.39, 0.29) is 0 Å². The van der Waals surface area contributed by atoms with E-state index in [1.54, 1.807) is 6.92 Å². The average molecular weight is 210 g/mol. The molecular formula is C8H18O6. The van der Waals surface area contributed by atoms with Crippen molar-refractivity contribution in [1.82, 2.24) is 0 Å². The minimum Gasteiger partial charge on any atom is -0.376 e. The third-order valence-electron chi connectivity index (χ3n) is 2.02. The van der Waals surface area contributed by atoms with Gasteiger partial charge in [-0.2, -0.15) is 4.89 Å². The molecule has 3 unspecified atom stereocenters. The number of aliphatic hydroxyl groups is 1. The van der Waals surface area contributed by atoms with Crippen LogP contribution in [0, 0.1) is 0 Å². The second-order valence-electron chi connectivity index (χ2n) is 2.64. The van der Waals surface area contributed by atoms with Gasteiger partial charge in [0.1, 0.15) is 6.10 Å². The number of hydrogen-bond acceptors (Lipinski definition) is 6. The Morgan fingerprint density at radius 3 is 1.93 bits per heavy atom.